The maximum atomic E-state index is 12.1. The van der Waals surface area contributed by atoms with Crippen LogP contribution in [0.25, 0.3) is 0 Å². The molecule has 21 heavy (non-hydrogen) atoms. The van der Waals surface area contributed by atoms with E-state index in [0.717, 1.165) is 37.4 Å². The van der Waals surface area contributed by atoms with Crippen molar-refractivity contribution in [2.45, 2.75) is 32.7 Å². The van der Waals surface area contributed by atoms with Crippen LogP contribution in [0.5, 0.6) is 0 Å². The topological polar surface area (TPSA) is 77.5 Å². The van der Waals surface area contributed by atoms with Gasteiger partial charge < -0.3 is 14.8 Å². The number of rotatable bonds is 5. The minimum Gasteiger partial charge on any atom is -0.461 e. The molecule has 1 aromatic rings. The summed E-state index contributed by atoms with van der Waals surface area (Å²) >= 11 is 1.12. The van der Waals surface area contributed by atoms with E-state index in [1.807, 2.05) is 6.92 Å². The van der Waals surface area contributed by atoms with E-state index in [9.17, 15) is 9.59 Å². The van der Waals surface area contributed by atoms with Crippen LogP contribution in [-0.4, -0.2) is 42.7 Å². The van der Waals surface area contributed by atoms with Crippen molar-refractivity contribution in [3.05, 3.63) is 16.1 Å². The maximum absolute atomic E-state index is 12.1. The molecule has 1 aliphatic heterocycles. The van der Waals surface area contributed by atoms with Crippen LogP contribution in [-0.2, 0) is 9.47 Å². The van der Waals surface area contributed by atoms with Crippen molar-refractivity contribution in [3.63, 3.8) is 0 Å². The van der Waals surface area contributed by atoms with Gasteiger partial charge in [-0.3, -0.25) is 4.79 Å². The van der Waals surface area contributed by atoms with Crippen molar-refractivity contribution in [2.24, 2.45) is 5.92 Å². The largest absolute Gasteiger partial charge is 0.461 e. The molecule has 2 rings (SSSR count). The normalized spacial score (nSPS) is 17.2. The van der Waals surface area contributed by atoms with Gasteiger partial charge in [-0.15, -0.1) is 11.3 Å². The molecule has 2 heterocycles. The number of carbonyl (C=O) groups is 2. The number of esters is 1. The van der Waals surface area contributed by atoms with Crippen molar-refractivity contribution >= 4 is 23.2 Å². The first-order valence-electron chi connectivity index (χ1n) is 7.13. The zero-order chi connectivity index (χ0) is 15.2. The van der Waals surface area contributed by atoms with Gasteiger partial charge in [0.1, 0.15) is 5.69 Å². The van der Waals surface area contributed by atoms with E-state index < -0.39 is 5.97 Å². The first-order chi connectivity index (χ1) is 10.1. The molecule has 0 aliphatic carbocycles. The van der Waals surface area contributed by atoms with Crippen molar-refractivity contribution in [2.75, 3.05) is 19.8 Å². The molecular formula is C14H20N2O4S. The summed E-state index contributed by atoms with van der Waals surface area (Å²) in [5.74, 6) is -0.314. The zero-order valence-corrected chi connectivity index (χ0v) is 13.1. The maximum Gasteiger partial charge on any atom is 0.367 e. The van der Waals surface area contributed by atoms with Gasteiger partial charge in [-0.2, -0.15) is 0 Å². The van der Waals surface area contributed by atoms with Gasteiger partial charge >= 0.3 is 5.97 Å². The lowest BCUT2D eigenvalue weighted by molar-refractivity contribution is 0.0524. The fraction of sp³-hybridized carbons (Fsp3) is 0.643. The molecule has 6 nitrogen and oxygen atoms in total. The Hall–Kier alpha value is -1.47. The van der Waals surface area contributed by atoms with Gasteiger partial charge in [-0.1, -0.05) is 0 Å². The van der Waals surface area contributed by atoms with E-state index in [2.05, 4.69) is 10.3 Å². The average Bonchev–Trinajstić information content (AvgIpc) is 2.98. The van der Waals surface area contributed by atoms with Gasteiger partial charge in [0.25, 0.3) is 5.91 Å². The number of hydrogen-bond donors (Lipinski definition) is 1. The lowest BCUT2D eigenvalue weighted by atomic mass is 9.93. The third-order valence-electron chi connectivity index (χ3n) is 3.52. The number of amides is 1. The molecule has 0 spiro atoms. The minimum absolute atomic E-state index is 0.0640. The number of carbonyl (C=O) groups excluding carboxylic acids is 2. The lowest BCUT2D eigenvalue weighted by Crippen LogP contribution is -2.40. The molecule has 0 aromatic carbocycles. The predicted octanol–water partition coefficient (Wildman–Crippen LogP) is 1.86. The van der Waals surface area contributed by atoms with E-state index in [4.69, 9.17) is 9.47 Å². The highest BCUT2D eigenvalue weighted by molar-refractivity contribution is 7.11. The van der Waals surface area contributed by atoms with Crippen molar-refractivity contribution in [1.29, 1.82) is 0 Å². The smallest absolute Gasteiger partial charge is 0.367 e. The molecule has 1 aromatic heterocycles. The van der Waals surface area contributed by atoms with Crippen LogP contribution in [0, 0.1) is 5.92 Å². The van der Waals surface area contributed by atoms with Crippen LogP contribution >= 0.6 is 11.3 Å². The number of nitrogens with zero attached hydrogens (tertiary/aromatic N) is 1. The second-order valence-corrected chi connectivity index (χ2v) is 5.83. The molecule has 0 saturated carbocycles. The summed E-state index contributed by atoms with van der Waals surface area (Å²) in [7, 11) is 0. The molecule has 1 N–H and O–H groups in total. The van der Waals surface area contributed by atoms with Crippen LogP contribution in [0.4, 0.5) is 0 Å². The summed E-state index contributed by atoms with van der Waals surface area (Å²) in [4.78, 5) is 27.7. The molecule has 1 fully saturated rings. The highest BCUT2D eigenvalue weighted by Crippen LogP contribution is 2.19. The van der Waals surface area contributed by atoms with Crippen LogP contribution in [0.1, 0.15) is 47.0 Å². The molecule has 0 bridgehead atoms. The van der Waals surface area contributed by atoms with Crippen molar-refractivity contribution in [3.8, 4) is 0 Å². The summed E-state index contributed by atoms with van der Waals surface area (Å²) < 4.78 is 10.2. The van der Waals surface area contributed by atoms with Crippen LogP contribution in [0.15, 0.2) is 5.38 Å². The Bertz CT molecular complexity index is 497. The van der Waals surface area contributed by atoms with Gasteiger partial charge in [0.15, 0.2) is 0 Å². The molecule has 1 amide bonds. The molecule has 1 unspecified atom stereocenters. The Morgan fingerprint density at radius 3 is 2.90 bits per heavy atom. The monoisotopic (exact) mass is 312 g/mol. The lowest BCUT2D eigenvalue weighted by Gasteiger charge is -2.28. The molecule has 1 aliphatic rings. The Labute approximate surface area is 127 Å². The quantitative estimate of drug-likeness (QED) is 0.840. The Balaban J connectivity index is 1.92. The molecule has 116 valence electrons. The van der Waals surface area contributed by atoms with E-state index >= 15 is 0 Å². The molecule has 1 atom stereocenters. The van der Waals surface area contributed by atoms with Gasteiger partial charge in [-0.25, -0.2) is 9.78 Å². The fourth-order valence-corrected chi connectivity index (χ4v) is 2.97. The summed E-state index contributed by atoms with van der Waals surface area (Å²) in [6, 6.07) is 0.0640. The SMILES string of the molecule is CCOC(=O)c1nc(C(=O)NC(C)C2CCOCC2)cs1. The minimum atomic E-state index is -0.487. The second-order valence-electron chi connectivity index (χ2n) is 4.97. The van der Waals surface area contributed by atoms with Gasteiger partial charge in [0.05, 0.1) is 6.61 Å². The molecule has 7 heteroatoms. The van der Waals surface area contributed by atoms with Gasteiger partial charge in [-0.05, 0) is 32.6 Å². The number of thiazole rings is 1. The first-order valence-corrected chi connectivity index (χ1v) is 8.01. The van der Waals surface area contributed by atoms with Crippen LogP contribution < -0.4 is 5.32 Å². The number of ether oxygens (including phenoxy) is 2. The summed E-state index contributed by atoms with van der Waals surface area (Å²) in [5, 5.41) is 4.74. The first kappa shape index (κ1) is 15.9. The Kier molecular flexibility index (Phi) is 5.69. The number of aromatic nitrogens is 1. The highest BCUT2D eigenvalue weighted by Gasteiger charge is 2.23. The second kappa shape index (κ2) is 7.51. The van der Waals surface area contributed by atoms with E-state index in [1.165, 1.54) is 0 Å². The van der Waals surface area contributed by atoms with E-state index in [1.54, 1.807) is 12.3 Å². The average molecular weight is 312 g/mol. The van der Waals surface area contributed by atoms with E-state index in [0.29, 0.717) is 12.5 Å². The summed E-state index contributed by atoms with van der Waals surface area (Å²) in [5.41, 5.74) is 0.266. The number of hydrogen-bond acceptors (Lipinski definition) is 6. The standard InChI is InChI=1S/C14H20N2O4S/c1-3-20-14(18)13-16-11(8-21-13)12(17)15-9(2)10-4-6-19-7-5-10/h8-10H,3-7H2,1-2H3,(H,15,17). The fourth-order valence-electron chi connectivity index (χ4n) is 2.28. The summed E-state index contributed by atoms with van der Waals surface area (Å²) in [6.45, 7) is 5.51. The van der Waals surface area contributed by atoms with E-state index in [-0.39, 0.29) is 22.7 Å². The Morgan fingerprint density at radius 1 is 1.52 bits per heavy atom. The van der Waals surface area contributed by atoms with Gasteiger partial charge in [0, 0.05) is 24.6 Å². The predicted molar refractivity (Wildman–Crippen MR) is 78.5 cm³/mol. The van der Waals surface area contributed by atoms with Crippen LogP contribution in [0.3, 0.4) is 0 Å². The molecular weight excluding hydrogens is 292 g/mol. The van der Waals surface area contributed by atoms with Gasteiger partial charge in [0.2, 0.25) is 5.01 Å². The van der Waals surface area contributed by atoms with Crippen LogP contribution in [0.2, 0.25) is 0 Å². The zero-order valence-electron chi connectivity index (χ0n) is 12.3. The van der Waals surface area contributed by atoms with Crippen molar-refractivity contribution in [1.82, 2.24) is 10.3 Å². The molecule has 0 radical (unpaired) electrons. The van der Waals surface area contributed by atoms with Crippen molar-refractivity contribution < 1.29 is 19.1 Å². The number of nitrogens with one attached hydrogen (secondary N) is 1. The third kappa shape index (κ3) is 4.25. The summed E-state index contributed by atoms with van der Waals surface area (Å²) in [6.07, 6.45) is 1.90. The molecule has 1 saturated heterocycles. The highest BCUT2D eigenvalue weighted by atomic mass is 32.1. The Morgan fingerprint density at radius 2 is 2.24 bits per heavy atom. The third-order valence-corrected chi connectivity index (χ3v) is 4.34.